The lowest BCUT2D eigenvalue weighted by Crippen LogP contribution is -2.18. The monoisotopic (exact) mass is 474 g/mol. The summed E-state index contributed by atoms with van der Waals surface area (Å²) in [4.78, 5) is 26.4. The smallest absolute Gasteiger partial charge is 0.315 e. The minimum absolute atomic E-state index is 0.0280. The highest BCUT2D eigenvalue weighted by Crippen LogP contribution is 2.37. The molecule has 0 aliphatic heterocycles. The Morgan fingerprint density at radius 1 is 0.829 bits per heavy atom. The van der Waals surface area contributed by atoms with Crippen molar-refractivity contribution < 1.29 is 28.2 Å². The van der Waals surface area contributed by atoms with Gasteiger partial charge in [0.25, 0.3) is 0 Å². The van der Waals surface area contributed by atoms with E-state index in [2.05, 4.69) is 0 Å². The van der Waals surface area contributed by atoms with E-state index < -0.39 is 11.4 Å². The Bertz CT molecular complexity index is 1450. The molecule has 0 saturated carbocycles. The summed E-state index contributed by atoms with van der Waals surface area (Å²) in [5, 5.41) is 0.338. The second-order valence-electron chi connectivity index (χ2n) is 8.09. The highest BCUT2D eigenvalue weighted by molar-refractivity contribution is 5.86. The topological polar surface area (TPSA) is 84.2 Å². The summed E-state index contributed by atoms with van der Waals surface area (Å²) in [6.07, 6.45) is -0.0280. The molecule has 1 aromatic heterocycles. The molecular weight excluding hydrogens is 448 g/mol. The number of aryl methyl sites for hydroxylation is 2. The maximum atomic E-state index is 13.5. The minimum atomic E-state index is -0.590. The fourth-order valence-corrected chi connectivity index (χ4v) is 3.75. The zero-order valence-corrected chi connectivity index (χ0v) is 20.3. The summed E-state index contributed by atoms with van der Waals surface area (Å²) in [7, 11) is 4.62. The fraction of sp³-hybridized carbons (Fsp3) is 0.214. The Kier molecular flexibility index (Phi) is 6.78. The Morgan fingerprint density at radius 2 is 1.51 bits per heavy atom. The van der Waals surface area contributed by atoms with Crippen molar-refractivity contribution in [2.24, 2.45) is 0 Å². The second kappa shape index (κ2) is 9.93. The molecule has 0 N–H and O–H groups in total. The van der Waals surface area contributed by atoms with Gasteiger partial charge in [-0.3, -0.25) is 9.59 Å². The van der Waals surface area contributed by atoms with Crippen LogP contribution in [0.1, 0.15) is 16.7 Å². The van der Waals surface area contributed by atoms with Crippen LogP contribution < -0.4 is 24.4 Å². The van der Waals surface area contributed by atoms with Crippen molar-refractivity contribution in [2.45, 2.75) is 20.3 Å². The van der Waals surface area contributed by atoms with Gasteiger partial charge in [0, 0.05) is 5.56 Å². The summed E-state index contributed by atoms with van der Waals surface area (Å²) < 4.78 is 27.7. The van der Waals surface area contributed by atoms with Gasteiger partial charge in [0.2, 0.25) is 11.2 Å². The maximum absolute atomic E-state index is 13.5. The second-order valence-corrected chi connectivity index (χ2v) is 8.09. The van der Waals surface area contributed by atoms with Crippen LogP contribution in [0.4, 0.5) is 0 Å². The number of hydrogen-bond donors (Lipinski definition) is 0. The third-order valence-electron chi connectivity index (χ3n) is 5.83. The quantitative estimate of drug-likeness (QED) is 0.338. The average Bonchev–Trinajstić information content (AvgIpc) is 2.87. The van der Waals surface area contributed by atoms with Crippen LogP contribution in [-0.2, 0) is 11.2 Å². The molecule has 7 heteroatoms. The molecule has 0 fully saturated rings. The molecule has 1 heterocycles. The van der Waals surface area contributed by atoms with Crippen LogP contribution in [0.25, 0.3) is 22.3 Å². The van der Waals surface area contributed by atoms with E-state index in [1.54, 1.807) is 61.7 Å². The predicted octanol–water partition coefficient (Wildman–Crippen LogP) is 5.25. The lowest BCUT2D eigenvalue weighted by Gasteiger charge is -2.14. The summed E-state index contributed by atoms with van der Waals surface area (Å²) in [6, 6.07) is 15.7. The zero-order chi connectivity index (χ0) is 25.1. The summed E-state index contributed by atoms with van der Waals surface area (Å²) in [6.45, 7) is 3.85. The Hall–Kier alpha value is -4.26. The molecule has 0 atom stereocenters. The van der Waals surface area contributed by atoms with Crippen LogP contribution in [0.2, 0.25) is 0 Å². The lowest BCUT2D eigenvalue weighted by molar-refractivity contribution is -0.133. The first-order valence-corrected chi connectivity index (χ1v) is 11.0. The van der Waals surface area contributed by atoms with E-state index in [0.29, 0.717) is 33.8 Å². The van der Waals surface area contributed by atoms with Gasteiger partial charge in [0.15, 0.2) is 17.3 Å². The average molecular weight is 475 g/mol. The molecule has 35 heavy (non-hydrogen) atoms. The van der Waals surface area contributed by atoms with E-state index >= 15 is 0 Å². The summed E-state index contributed by atoms with van der Waals surface area (Å²) in [5.41, 5.74) is 3.11. The first kappa shape index (κ1) is 23.9. The molecule has 0 amide bonds. The van der Waals surface area contributed by atoms with E-state index in [1.807, 2.05) is 13.8 Å². The number of ether oxygens (including phenoxy) is 4. The summed E-state index contributed by atoms with van der Waals surface area (Å²) >= 11 is 0. The van der Waals surface area contributed by atoms with Crippen LogP contribution in [0, 0.1) is 13.8 Å². The zero-order valence-electron chi connectivity index (χ0n) is 20.3. The number of rotatable bonds is 7. The number of fused-ring (bicyclic) bond motifs is 1. The number of esters is 1. The highest BCUT2D eigenvalue weighted by atomic mass is 16.5. The van der Waals surface area contributed by atoms with Crippen molar-refractivity contribution in [3.8, 4) is 34.3 Å². The number of benzene rings is 3. The molecule has 0 aliphatic rings. The van der Waals surface area contributed by atoms with Crippen LogP contribution in [0.15, 0.2) is 63.8 Å². The van der Waals surface area contributed by atoms with Crippen LogP contribution in [-0.4, -0.2) is 27.3 Å². The molecule has 0 radical (unpaired) electrons. The number of methoxy groups -OCH3 is 3. The van der Waals surface area contributed by atoms with Gasteiger partial charge in [-0.05, 0) is 73.0 Å². The van der Waals surface area contributed by atoms with Gasteiger partial charge in [-0.15, -0.1) is 0 Å². The third kappa shape index (κ3) is 4.84. The molecule has 0 saturated heterocycles. The molecule has 180 valence electrons. The lowest BCUT2D eigenvalue weighted by atomic mass is 10.0. The van der Waals surface area contributed by atoms with Crippen LogP contribution >= 0.6 is 0 Å². The van der Waals surface area contributed by atoms with Crippen molar-refractivity contribution in [2.75, 3.05) is 21.3 Å². The largest absolute Gasteiger partial charge is 0.497 e. The number of carbonyl (C=O) groups is 1. The number of carbonyl (C=O) groups excluding carboxylic acids is 1. The first-order valence-electron chi connectivity index (χ1n) is 11.0. The van der Waals surface area contributed by atoms with Crippen molar-refractivity contribution in [1.29, 1.82) is 0 Å². The van der Waals surface area contributed by atoms with Crippen molar-refractivity contribution >= 4 is 16.9 Å². The van der Waals surface area contributed by atoms with Crippen molar-refractivity contribution in [3.63, 3.8) is 0 Å². The van der Waals surface area contributed by atoms with Gasteiger partial charge >= 0.3 is 5.97 Å². The van der Waals surface area contributed by atoms with E-state index in [1.165, 1.54) is 14.2 Å². The van der Waals surface area contributed by atoms with E-state index in [9.17, 15) is 9.59 Å². The summed E-state index contributed by atoms with van der Waals surface area (Å²) in [5.74, 6) is 1.01. The van der Waals surface area contributed by atoms with Gasteiger partial charge in [0.05, 0.1) is 33.1 Å². The third-order valence-corrected chi connectivity index (χ3v) is 5.83. The Labute approximate surface area is 202 Å². The standard InChI is InChI=1S/C28H26O7/c1-16-12-21-23(13-17(16)2)34-27(19-8-11-22(32-4)24(15-19)33-5)28(26(21)30)35-25(29)14-18-6-9-20(31-3)10-7-18/h6-13,15H,14H2,1-5H3. The van der Waals surface area contributed by atoms with Crippen LogP contribution in [0.5, 0.6) is 23.0 Å². The molecular formula is C28H26O7. The van der Waals surface area contributed by atoms with Crippen LogP contribution in [0.3, 0.4) is 0 Å². The molecule has 0 spiro atoms. The molecule has 3 aromatic carbocycles. The molecule has 0 bridgehead atoms. The molecule has 0 aliphatic carbocycles. The SMILES string of the molecule is COc1ccc(CC(=O)Oc2c(-c3ccc(OC)c(OC)c3)oc3cc(C)c(C)cc3c2=O)cc1. The van der Waals surface area contributed by atoms with Gasteiger partial charge in [-0.2, -0.15) is 0 Å². The van der Waals surface area contributed by atoms with E-state index in [0.717, 1.165) is 16.7 Å². The maximum Gasteiger partial charge on any atom is 0.315 e. The van der Waals surface area contributed by atoms with Gasteiger partial charge in [-0.25, -0.2) is 0 Å². The van der Waals surface area contributed by atoms with Gasteiger partial charge in [-0.1, -0.05) is 12.1 Å². The number of hydrogen-bond acceptors (Lipinski definition) is 7. The van der Waals surface area contributed by atoms with Gasteiger partial charge < -0.3 is 23.4 Å². The molecule has 7 nitrogen and oxygen atoms in total. The Balaban J connectivity index is 1.82. The molecule has 4 aromatic rings. The van der Waals surface area contributed by atoms with Crippen molar-refractivity contribution in [1.82, 2.24) is 0 Å². The minimum Gasteiger partial charge on any atom is -0.497 e. The first-order chi connectivity index (χ1) is 16.8. The molecule has 4 rings (SSSR count). The normalized spacial score (nSPS) is 10.8. The fourth-order valence-electron chi connectivity index (χ4n) is 3.75. The molecule has 0 unspecified atom stereocenters. The van der Waals surface area contributed by atoms with E-state index in [4.69, 9.17) is 23.4 Å². The van der Waals surface area contributed by atoms with E-state index in [-0.39, 0.29) is 17.9 Å². The predicted molar refractivity (Wildman–Crippen MR) is 133 cm³/mol. The Morgan fingerprint density at radius 3 is 2.17 bits per heavy atom. The van der Waals surface area contributed by atoms with Gasteiger partial charge in [0.1, 0.15) is 11.3 Å². The van der Waals surface area contributed by atoms with Crippen molar-refractivity contribution in [3.05, 3.63) is 81.5 Å². The highest BCUT2D eigenvalue weighted by Gasteiger charge is 2.22.